The molecule has 0 aliphatic heterocycles. The molecule has 0 saturated heterocycles. The molecule has 246 valence electrons. The van der Waals surface area contributed by atoms with Crippen molar-refractivity contribution in [1.29, 1.82) is 0 Å². The minimum Gasteiger partial charge on any atom is -0.309 e. The summed E-state index contributed by atoms with van der Waals surface area (Å²) >= 11 is 13.9. The lowest BCUT2D eigenvalue weighted by atomic mass is 9.97. The molecule has 0 fully saturated rings. The number of hydrogen-bond donors (Lipinski definition) is 0. The van der Waals surface area contributed by atoms with Crippen LogP contribution in [0.25, 0.3) is 88.4 Å². The van der Waals surface area contributed by atoms with E-state index >= 15 is 0 Å². The van der Waals surface area contributed by atoms with Gasteiger partial charge in [0.15, 0.2) is 0 Å². The molecule has 52 heavy (non-hydrogen) atoms. The van der Waals surface area contributed by atoms with Gasteiger partial charge in [-0.2, -0.15) is 0 Å². The molecule has 4 heteroatoms. The van der Waals surface area contributed by atoms with Crippen LogP contribution in [0, 0.1) is 0 Å². The predicted octanol–water partition coefficient (Wildman–Crippen LogP) is 14.2. The van der Waals surface area contributed by atoms with Gasteiger partial charge in [0.25, 0.3) is 0 Å². The SMILES string of the molecule is Clc1cc(-c2ccc(-c3ccc(-n4c5ccccc5c5ccccc54)cc3)c(Cl)c2)ccc1-c1ccc(-n2c3ccccc3c3ccccc32)cc1. The van der Waals surface area contributed by atoms with Gasteiger partial charge in [-0.3, -0.25) is 0 Å². The van der Waals surface area contributed by atoms with E-state index in [1.165, 1.54) is 43.6 Å². The first kappa shape index (κ1) is 30.7. The highest BCUT2D eigenvalue weighted by Crippen LogP contribution is 2.38. The normalized spacial score (nSPS) is 11.7. The summed E-state index contributed by atoms with van der Waals surface area (Å²) < 4.78 is 4.65. The Labute approximate surface area is 311 Å². The van der Waals surface area contributed by atoms with Gasteiger partial charge in [0.1, 0.15) is 0 Å². The van der Waals surface area contributed by atoms with Gasteiger partial charge in [-0.25, -0.2) is 0 Å². The Balaban J connectivity index is 0.928. The van der Waals surface area contributed by atoms with Crippen molar-refractivity contribution < 1.29 is 0 Å². The third kappa shape index (κ3) is 4.95. The second-order valence-corrected chi connectivity index (χ2v) is 14.0. The zero-order valence-corrected chi connectivity index (χ0v) is 29.5. The van der Waals surface area contributed by atoms with Gasteiger partial charge in [-0.05, 0) is 82.9 Å². The number of halogens is 2. The van der Waals surface area contributed by atoms with Gasteiger partial charge in [0.05, 0.1) is 22.1 Å². The van der Waals surface area contributed by atoms with Crippen molar-refractivity contribution >= 4 is 66.8 Å². The van der Waals surface area contributed by atoms with Crippen molar-refractivity contribution in [1.82, 2.24) is 9.13 Å². The molecule has 0 unspecified atom stereocenters. The first-order chi connectivity index (χ1) is 25.6. The second-order valence-electron chi connectivity index (χ2n) is 13.2. The average Bonchev–Trinajstić information content (AvgIpc) is 3.71. The van der Waals surface area contributed by atoms with Crippen LogP contribution < -0.4 is 0 Å². The number of nitrogens with zero attached hydrogens (tertiary/aromatic N) is 2. The molecule has 2 aromatic heterocycles. The third-order valence-electron chi connectivity index (χ3n) is 10.3. The fourth-order valence-corrected chi connectivity index (χ4v) is 8.42. The van der Waals surface area contributed by atoms with Crippen LogP contribution in [0.3, 0.4) is 0 Å². The van der Waals surface area contributed by atoms with Gasteiger partial charge in [-0.1, -0.05) is 145 Å². The molecule has 0 N–H and O–H groups in total. The summed E-state index contributed by atoms with van der Waals surface area (Å²) in [5, 5.41) is 6.40. The van der Waals surface area contributed by atoms with Crippen LogP contribution in [-0.2, 0) is 0 Å². The standard InChI is InChI=1S/C48H30Cl2N2/c49-43-29-33(21-27-37(43)31-17-23-35(24-18-31)51-45-13-5-1-9-39(45)40-10-2-6-14-46(40)51)34-22-28-38(44(50)30-34)32-19-25-36(26-20-32)52-47-15-7-3-11-41(47)42-12-4-8-16-48(42)52/h1-30H. The minimum absolute atomic E-state index is 0.697. The van der Waals surface area contributed by atoms with E-state index in [2.05, 4.69) is 179 Å². The summed E-state index contributed by atoms with van der Waals surface area (Å²) in [6.45, 7) is 0. The number of benzene rings is 8. The number of hydrogen-bond acceptors (Lipinski definition) is 0. The molecular weight excluding hydrogens is 675 g/mol. The van der Waals surface area contributed by atoms with E-state index in [0.717, 1.165) is 44.8 Å². The Morgan fingerprint density at radius 3 is 0.885 bits per heavy atom. The lowest BCUT2D eigenvalue weighted by Crippen LogP contribution is -1.93. The molecule has 0 bridgehead atoms. The van der Waals surface area contributed by atoms with E-state index in [0.29, 0.717) is 10.0 Å². The van der Waals surface area contributed by atoms with Crippen molar-refractivity contribution in [3.63, 3.8) is 0 Å². The highest BCUT2D eigenvalue weighted by atomic mass is 35.5. The van der Waals surface area contributed by atoms with Crippen molar-refractivity contribution in [3.05, 3.63) is 192 Å². The van der Waals surface area contributed by atoms with Crippen LogP contribution in [-0.4, -0.2) is 9.13 Å². The number of fused-ring (bicyclic) bond motifs is 6. The monoisotopic (exact) mass is 704 g/mol. The van der Waals surface area contributed by atoms with Gasteiger partial charge in [-0.15, -0.1) is 0 Å². The Kier molecular flexibility index (Phi) is 7.28. The molecule has 8 aromatic carbocycles. The smallest absolute Gasteiger partial charge is 0.0541 e. The first-order valence-corrected chi connectivity index (χ1v) is 18.2. The highest BCUT2D eigenvalue weighted by molar-refractivity contribution is 6.34. The summed E-state index contributed by atoms with van der Waals surface area (Å²) in [4.78, 5) is 0. The van der Waals surface area contributed by atoms with Crippen molar-refractivity contribution in [2.75, 3.05) is 0 Å². The molecule has 0 aliphatic carbocycles. The first-order valence-electron chi connectivity index (χ1n) is 17.4. The minimum atomic E-state index is 0.697. The van der Waals surface area contributed by atoms with Crippen LogP contribution in [0.5, 0.6) is 0 Å². The van der Waals surface area contributed by atoms with E-state index in [1.807, 2.05) is 12.1 Å². The molecule has 10 rings (SSSR count). The van der Waals surface area contributed by atoms with Gasteiger partial charge < -0.3 is 9.13 Å². The van der Waals surface area contributed by atoms with Gasteiger partial charge in [0.2, 0.25) is 0 Å². The average molecular weight is 706 g/mol. The van der Waals surface area contributed by atoms with Crippen LogP contribution in [0.1, 0.15) is 0 Å². The second kappa shape index (κ2) is 12.3. The Morgan fingerprint density at radius 2 is 0.577 bits per heavy atom. The van der Waals surface area contributed by atoms with Gasteiger partial charge in [0, 0.05) is 54.1 Å². The molecule has 0 aliphatic rings. The van der Waals surface area contributed by atoms with E-state index < -0.39 is 0 Å². The van der Waals surface area contributed by atoms with Crippen molar-refractivity contribution in [3.8, 4) is 44.8 Å². The molecule has 0 saturated carbocycles. The molecule has 0 atom stereocenters. The molecule has 10 aromatic rings. The molecule has 0 radical (unpaired) electrons. The maximum Gasteiger partial charge on any atom is 0.0541 e. The summed E-state index contributed by atoms with van der Waals surface area (Å²) in [5.41, 5.74) is 13.2. The lowest BCUT2D eigenvalue weighted by molar-refractivity contribution is 1.18. The van der Waals surface area contributed by atoms with E-state index in [1.54, 1.807) is 0 Å². The Morgan fingerprint density at radius 1 is 0.288 bits per heavy atom. The summed E-state index contributed by atoms with van der Waals surface area (Å²) in [7, 11) is 0. The summed E-state index contributed by atoms with van der Waals surface area (Å²) in [6, 6.07) is 64.1. The number of rotatable bonds is 5. The van der Waals surface area contributed by atoms with Crippen molar-refractivity contribution in [2.45, 2.75) is 0 Å². The van der Waals surface area contributed by atoms with Gasteiger partial charge >= 0.3 is 0 Å². The van der Waals surface area contributed by atoms with Crippen LogP contribution in [0.4, 0.5) is 0 Å². The zero-order valence-electron chi connectivity index (χ0n) is 28.0. The summed E-state index contributed by atoms with van der Waals surface area (Å²) in [5.74, 6) is 0. The fourth-order valence-electron chi connectivity index (χ4n) is 7.84. The molecular formula is C48H30Cl2N2. The lowest BCUT2D eigenvalue weighted by Gasteiger charge is -2.13. The van der Waals surface area contributed by atoms with Crippen molar-refractivity contribution in [2.24, 2.45) is 0 Å². The largest absolute Gasteiger partial charge is 0.309 e. The maximum absolute atomic E-state index is 6.97. The fraction of sp³-hybridized carbons (Fsp3) is 0. The predicted molar refractivity (Wildman–Crippen MR) is 221 cm³/mol. The maximum atomic E-state index is 6.97. The Bertz CT molecular complexity index is 2660. The van der Waals surface area contributed by atoms with Crippen LogP contribution >= 0.6 is 23.2 Å². The molecule has 0 spiro atoms. The molecule has 2 nitrogen and oxygen atoms in total. The molecule has 2 heterocycles. The summed E-state index contributed by atoms with van der Waals surface area (Å²) in [6.07, 6.45) is 0. The number of aromatic nitrogens is 2. The van der Waals surface area contributed by atoms with Crippen LogP contribution in [0.2, 0.25) is 10.0 Å². The van der Waals surface area contributed by atoms with E-state index in [9.17, 15) is 0 Å². The quantitative estimate of drug-likeness (QED) is 0.169. The van der Waals surface area contributed by atoms with E-state index in [-0.39, 0.29) is 0 Å². The topological polar surface area (TPSA) is 9.86 Å². The van der Waals surface area contributed by atoms with Crippen LogP contribution in [0.15, 0.2) is 182 Å². The zero-order chi connectivity index (χ0) is 34.8. The number of para-hydroxylation sites is 4. The van der Waals surface area contributed by atoms with E-state index in [4.69, 9.17) is 23.2 Å². The Hall–Kier alpha value is -6.06. The highest BCUT2D eigenvalue weighted by Gasteiger charge is 2.15. The third-order valence-corrected chi connectivity index (χ3v) is 10.9. The molecule has 0 amide bonds.